The van der Waals surface area contributed by atoms with Crippen LogP contribution < -0.4 is 0 Å². The van der Waals surface area contributed by atoms with Crippen LogP contribution >= 0.6 is 0 Å². The quantitative estimate of drug-likeness (QED) is 0.872. The Hall–Kier alpha value is -0.980. The van der Waals surface area contributed by atoms with Gasteiger partial charge < -0.3 is 24.1 Å². The number of ether oxygens (including phenoxy) is 4. The van der Waals surface area contributed by atoms with Gasteiger partial charge in [0.1, 0.15) is 12.2 Å². The Morgan fingerprint density at radius 3 is 2.68 bits per heavy atom. The van der Waals surface area contributed by atoms with Gasteiger partial charge in [0.25, 0.3) is 0 Å². The van der Waals surface area contributed by atoms with E-state index >= 15 is 0 Å². The number of fused-ring (bicyclic) bond motifs is 1. The van der Waals surface area contributed by atoms with Gasteiger partial charge in [0.2, 0.25) is 0 Å². The minimum Gasteiger partial charge on any atom is -0.388 e. The molecule has 2 fully saturated rings. The van der Waals surface area contributed by atoms with Gasteiger partial charge in [-0.15, -0.1) is 0 Å². The topological polar surface area (TPSA) is 57.2 Å². The molecule has 19 heavy (non-hydrogen) atoms. The normalized spacial score (nSPS) is 38.7. The molecule has 0 radical (unpaired) electrons. The summed E-state index contributed by atoms with van der Waals surface area (Å²) in [6.45, 7) is 0.441. The fraction of sp³-hybridized carbons (Fsp3) is 0.571. The Morgan fingerprint density at radius 2 is 1.95 bits per heavy atom. The lowest BCUT2D eigenvalue weighted by molar-refractivity contribution is -0.333. The Morgan fingerprint density at radius 1 is 1.16 bits per heavy atom. The van der Waals surface area contributed by atoms with E-state index in [-0.39, 0.29) is 12.2 Å². The predicted octanol–water partition coefficient (Wildman–Crippen LogP) is 1.22. The first-order valence-corrected chi connectivity index (χ1v) is 6.46. The van der Waals surface area contributed by atoms with E-state index in [1.807, 2.05) is 30.3 Å². The zero-order valence-corrected chi connectivity index (χ0v) is 10.8. The molecule has 2 heterocycles. The van der Waals surface area contributed by atoms with Crippen LogP contribution in [-0.4, -0.2) is 43.4 Å². The van der Waals surface area contributed by atoms with E-state index in [4.69, 9.17) is 18.9 Å². The Bertz CT molecular complexity index is 410. The Kier molecular flexibility index (Phi) is 3.81. The number of hydrogen-bond acceptors (Lipinski definition) is 5. The molecule has 3 rings (SSSR count). The number of hydrogen-bond donors (Lipinski definition) is 1. The molecular weight excluding hydrogens is 248 g/mol. The summed E-state index contributed by atoms with van der Waals surface area (Å²) in [5.74, 6) is 0. The van der Waals surface area contributed by atoms with Gasteiger partial charge in [-0.2, -0.15) is 0 Å². The average Bonchev–Trinajstić information content (AvgIpc) is 2.47. The first kappa shape index (κ1) is 13.0. The number of aliphatic hydroxyl groups excluding tert-OH is 1. The molecule has 0 amide bonds. The van der Waals surface area contributed by atoms with Crippen LogP contribution in [0.1, 0.15) is 18.3 Å². The smallest absolute Gasteiger partial charge is 0.184 e. The van der Waals surface area contributed by atoms with Gasteiger partial charge in [0, 0.05) is 19.1 Å². The highest BCUT2D eigenvalue weighted by atomic mass is 16.7. The van der Waals surface area contributed by atoms with Crippen LogP contribution in [0, 0.1) is 0 Å². The molecule has 104 valence electrons. The fourth-order valence-electron chi connectivity index (χ4n) is 2.52. The van der Waals surface area contributed by atoms with E-state index in [1.165, 1.54) is 7.11 Å². The van der Waals surface area contributed by atoms with Crippen molar-refractivity contribution in [1.29, 1.82) is 0 Å². The van der Waals surface area contributed by atoms with Crippen molar-refractivity contribution in [1.82, 2.24) is 0 Å². The van der Waals surface area contributed by atoms with E-state index in [0.717, 1.165) is 5.56 Å². The molecule has 0 aliphatic carbocycles. The summed E-state index contributed by atoms with van der Waals surface area (Å²) in [4.78, 5) is 0. The average molecular weight is 266 g/mol. The zero-order valence-electron chi connectivity index (χ0n) is 10.8. The molecule has 1 aromatic carbocycles. The second-order valence-electron chi connectivity index (χ2n) is 4.83. The number of benzene rings is 1. The van der Waals surface area contributed by atoms with Gasteiger partial charge >= 0.3 is 0 Å². The first-order chi connectivity index (χ1) is 9.28. The van der Waals surface area contributed by atoms with Crippen LogP contribution in [0.3, 0.4) is 0 Å². The van der Waals surface area contributed by atoms with Crippen LogP contribution in [0.25, 0.3) is 0 Å². The van der Waals surface area contributed by atoms with Crippen LogP contribution in [-0.2, 0) is 18.9 Å². The van der Waals surface area contributed by atoms with Crippen molar-refractivity contribution in [3.05, 3.63) is 35.9 Å². The Labute approximate surface area is 112 Å². The van der Waals surface area contributed by atoms with Crippen molar-refractivity contribution in [2.75, 3.05) is 13.7 Å². The van der Waals surface area contributed by atoms with Crippen molar-refractivity contribution in [2.24, 2.45) is 0 Å². The van der Waals surface area contributed by atoms with Gasteiger partial charge in [-0.3, -0.25) is 0 Å². The zero-order chi connectivity index (χ0) is 13.2. The third-order valence-corrected chi connectivity index (χ3v) is 3.53. The second-order valence-corrected chi connectivity index (χ2v) is 4.83. The molecule has 5 heteroatoms. The second kappa shape index (κ2) is 5.56. The summed E-state index contributed by atoms with van der Waals surface area (Å²) in [5.41, 5.74) is 0.976. The van der Waals surface area contributed by atoms with Gasteiger partial charge in [-0.05, 0) is 0 Å². The van der Waals surface area contributed by atoms with Gasteiger partial charge in [-0.25, -0.2) is 0 Å². The molecular formula is C14H18O5. The number of methoxy groups -OCH3 is 1. The standard InChI is InChI=1S/C14H18O5/c1-16-14-10(15)7-11-12(19-14)8-17-13(18-11)9-5-3-2-4-6-9/h2-6,10-15H,7-8H2,1H3/t10-,11-,12-,13+,14+/m0/s1. The minimum atomic E-state index is -0.666. The minimum absolute atomic E-state index is 0.166. The molecule has 1 aromatic rings. The van der Waals surface area contributed by atoms with E-state index in [9.17, 15) is 5.11 Å². The molecule has 5 nitrogen and oxygen atoms in total. The maximum atomic E-state index is 9.89. The molecule has 2 aliphatic heterocycles. The first-order valence-electron chi connectivity index (χ1n) is 6.46. The SMILES string of the molecule is CO[C@@H]1O[C@H]2CO[C@@H](c3ccccc3)O[C@H]2C[C@@H]1O. The van der Waals surface area contributed by atoms with Crippen molar-refractivity contribution >= 4 is 0 Å². The molecule has 0 unspecified atom stereocenters. The molecule has 0 aromatic heterocycles. The summed E-state index contributed by atoms with van der Waals surface area (Å²) in [6, 6.07) is 9.76. The largest absolute Gasteiger partial charge is 0.388 e. The van der Waals surface area contributed by atoms with E-state index in [2.05, 4.69) is 0 Å². The van der Waals surface area contributed by atoms with Gasteiger partial charge in [0.15, 0.2) is 12.6 Å². The highest BCUT2D eigenvalue weighted by Crippen LogP contribution is 2.33. The maximum absolute atomic E-state index is 9.89. The third kappa shape index (κ3) is 2.66. The van der Waals surface area contributed by atoms with Crippen molar-refractivity contribution in [3.8, 4) is 0 Å². The third-order valence-electron chi connectivity index (χ3n) is 3.53. The Balaban J connectivity index is 1.68. The van der Waals surface area contributed by atoms with Crippen molar-refractivity contribution in [3.63, 3.8) is 0 Å². The maximum Gasteiger partial charge on any atom is 0.184 e. The predicted molar refractivity (Wildman–Crippen MR) is 66.3 cm³/mol. The molecule has 1 N–H and O–H groups in total. The highest BCUT2D eigenvalue weighted by Gasteiger charge is 2.42. The monoisotopic (exact) mass is 266 g/mol. The summed E-state index contributed by atoms with van der Waals surface area (Å²) >= 11 is 0. The van der Waals surface area contributed by atoms with E-state index in [1.54, 1.807) is 0 Å². The highest BCUT2D eigenvalue weighted by molar-refractivity contribution is 5.16. The molecule has 0 bridgehead atoms. The molecule has 5 atom stereocenters. The summed E-state index contributed by atoms with van der Waals surface area (Å²) in [5, 5.41) is 9.89. The summed E-state index contributed by atoms with van der Waals surface area (Å²) in [7, 11) is 1.52. The fourth-order valence-corrected chi connectivity index (χ4v) is 2.52. The van der Waals surface area contributed by atoms with Crippen molar-refractivity contribution in [2.45, 2.75) is 37.3 Å². The lowest BCUT2D eigenvalue weighted by atomic mass is 10.0. The van der Waals surface area contributed by atoms with Gasteiger partial charge in [0.05, 0.1) is 12.7 Å². The lowest BCUT2D eigenvalue weighted by Gasteiger charge is -2.43. The van der Waals surface area contributed by atoms with Gasteiger partial charge in [-0.1, -0.05) is 30.3 Å². The van der Waals surface area contributed by atoms with Crippen LogP contribution in [0.5, 0.6) is 0 Å². The van der Waals surface area contributed by atoms with Crippen LogP contribution in [0.4, 0.5) is 0 Å². The van der Waals surface area contributed by atoms with Crippen LogP contribution in [0.2, 0.25) is 0 Å². The lowest BCUT2D eigenvalue weighted by Crippen LogP contribution is -2.53. The van der Waals surface area contributed by atoms with E-state index in [0.29, 0.717) is 13.0 Å². The molecule has 2 saturated heterocycles. The van der Waals surface area contributed by atoms with Crippen LogP contribution in [0.15, 0.2) is 30.3 Å². The molecule has 2 aliphatic rings. The molecule has 0 spiro atoms. The number of rotatable bonds is 2. The summed E-state index contributed by atoms with van der Waals surface area (Å²) in [6.07, 6.45) is -1.51. The summed E-state index contributed by atoms with van der Waals surface area (Å²) < 4.78 is 22.2. The van der Waals surface area contributed by atoms with Crippen molar-refractivity contribution < 1.29 is 24.1 Å². The molecule has 0 saturated carbocycles. The van der Waals surface area contributed by atoms with E-state index < -0.39 is 18.7 Å². The number of aliphatic hydroxyl groups is 1.